The van der Waals surface area contributed by atoms with Crippen LogP contribution >= 0.6 is 0 Å². The third kappa shape index (κ3) is 5.40. The summed E-state index contributed by atoms with van der Waals surface area (Å²) in [5.74, 6) is 0.490. The first-order chi connectivity index (χ1) is 8.95. The zero-order valence-electron chi connectivity index (χ0n) is 12.1. The number of ether oxygens (including phenoxy) is 1. The first-order valence-electron chi connectivity index (χ1n) is 6.40. The Balaban J connectivity index is 2.32. The van der Waals surface area contributed by atoms with Gasteiger partial charge in [-0.2, -0.15) is 0 Å². The molecular formula is C13H23N3O3. The second-order valence-corrected chi connectivity index (χ2v) is 5.33. The Labute approximate surface area is 113 Å². The van der Waals surface area contributed by atoms with E-state index in [0.717, 1.165) is 6.54 Å². The van der Waals surface area contributed by atoms with Crippen molar-refractivity contribution in [2.75, 3.05) is 33.4 Å². The maximum atomic E-state index is 11.8. The predicted molar refractivity (Wildman–Crippen MR) is 72.3 cm³/mol. The van der Waals surface area contributed by atoms with Gasteiger partial charge in [-0.3, -0.25) is 4.79 Å². The first-order valence-corrected chi connectivity index (χ1v) is 6.40. The minimum atomic E-state index is -0.215. The average Bonchev–Trinajstić information content (AvgIpc) is 2.82. The standard InChI is InChI=1S/C13H23N3O3/c1-13(2,3)11-9-10(16-19-11)12(17)15-6-5-14-7-8-18-4/h9,14H,5-8H2,1-4H3,(H,15,17). The van der Waals surface area contributed by atoms with E-state index in [0.29, 0.717) is 31.2 Å². The van der Waals surface area contributed by atoms with Crippen molar-refractivity contribution in [1.29, 1.82) is 0 Å². The molecule has 0 saturated carbocycles. The molecule has 0 fully saturated rings. The fourth-order valence-electron chi connectivity index (χ4n) is 1.39. The zero-order chi connectivity index (χ0) is 14.3. The number of nitrogens with one attached hydrogen (secondary N) is 2. The van der Waals surface area contributed by atoms with E-state index in [9.17, 15) is 4.79 Å². The highest BCUT2D eigenvalue weighted by molar-refractivity contribution is 5.92. The van der Waals surface area contributed by atoms with Crippen LogP contribution in [0.4, 0.5) is 0 Å². The van der Waals surface area contributed by atoms with Gasteiger partial charge in [0.25, 0.3) is 5.91 Å². The second kappa shape index (κ2) is 7.25. The summed E-state index contributed by atoms with van der Waals surface area (Å²) >= 11 is 0. The molecule has 0 spiro atoms. The normalized spacial score (nSPS) is 11.6. The molecule has 6 heteroatoms. The lowest BCUT2D eigenvalue weighted by molar-refractivity contribution is 0.0944. The lowest BCUT2D eigenvalue weighted by Gasteiger charge is -2.12. The van der Waals surface area contributed by atoms with Crippen LogP contribution in [0.25, 0.3) is 0 Å². The van der Waals surface area contributed by atoms with Crippen molar-refractivity contribution in [2.45, 2.75) is 26.2 Å². The highest BCUT2D eigenvalue weighted by atomic mass is 16.5. The topological polar surface area (TPSA) is 76.4 Å². The van der Waals surface area contributed by atoms with Gasteiger partial charge in [0.1, 0.15) is 5.76 Å². The molecule has 0 saturated heterocycles. The van der Waals surface area contributed by atoms with E-state index in [4.69, 9.17) is 9.26 Å². The maximum Gasteiger partial charge on any atom is 0.273 e. The fraction of sp³-hybridized carbons (Fsp3) is 0.692. The van der Waals surface area contributed by atoms with Crippen LogP contribution in [-0.4, -0.2) is 44.4 Å². The summed E-state index contributed by atoms with van der Waals surface area (Å²) in [5.41, 5.74) is 0.176. The third-order valence-electron chi connectivity index (χ3n) is 2.55. The number of nitrogens with zero attached hydrogens (tertiary/aromatic N) is 1. The van der Waals surface area contributed by atoms with Crippen LogP contribution in [0.15, 0.2) is 10.6 Å². The van der Waals surface area contributed by atoms with Gasteiger partial charge in [0.05, 0.1) is 6.61 Å². The Kier molecular flexibility index (Phi) is 5.98. The number of hydrogen-bond donors (Lipinski definition) is 2. The number of carbonyl (C=O) groups is 1. The van der Waals surface area contributed by atoms with E-state index >= 15 is 0 Å². The lowest BCUT2D eigenvalue weighted by atomic mass is 9.93. The van der Waals surface area contributed by atoms with Crippen molar-refractivity contribution in [1.82, 2.24) is 15.8 Å². The van der Waals surface area contributed by atoms with Crippen molar-refractivity contribution in [3.05, 3.63) is 17.5 Å². The molecule has 1 aromatic heterocycles. The van der Waals surface area contributed by atoms with Crippen LogP contribution in [0, 0.1) is 0 Å². The first kappa shape index (κ1) is 15.7. The molecule has 2 N–H and O–H groups in total. The molecule has 1 rings (SSSR count). The molecule has 6 nitrogen and oxygen atoms in total. The van der Waals surface area contributed by atoms with Crippen LogP contribution in [0.2, 0.25) is 0 Å². The van der Waals surface area contributed by atoms with Crippen LogP contribution in [-0.2, 0) is 10.2 Å². The molecule has 0 atom stereocenters. The number of rotatable bonds is 7. The molecule has 108 valence electrons. The van der Waals surface area contributed by atoms with E-state index in [1.807, 2.05) is 20.8 Å². The molecule has 0 aromatic carbocycles. The van der Waals surface area contributed by atoms with Gasteiger partial charge in [-0.15, -0.1) is 0 Å². The minimum absolute atomic E-state index is 0.146. The number of aromatic nitrogens is 1. The van der Waals surface area contributed by atoms with E-state index in [-0.39, 0.29) is 11.3 Å². The molecule has 0 radical (unpaired) electrons. The zero-order valence-corrected chi connectivity index (χ0v) is 12.1. The maximum absolute atomic E-state index is 11.8. The van der Waals surface area contributed by atoms with Crippen molar-refractivity contribution in [2.24, 2.45) is 0 Å². The summed E-state index contributed by atoms with van der Waals surface area (Å²) in [7, 11) is 1.65. The minimum Gasteiger partial charge on any atom is -0.383 e. The summed E-state index contributed by atoms with van der Waals surface area (Å²) in [6.07, 6.45) is 0. The highest BCUT2D eigenvalue weighted by Crippen LogP contribution is 2.22. The SMILES string of the molecule is COCCNCCNC(=O)c1cc(C(C)(C)C)on1. The number of hydrogen-bond acceptors (Lipinski definition) is 5. The van der Waals surface area contributed by atoms with E-state index in [2.05, 4.69) is 15.8 Å². The smallest absolute Gasteiger partial charge is 0.273 e. The lowest BCUT2D eigenvalue weighted by Crippen LogP contribution is -2.33. The molecular weight excluding hydrogens is 246 g/mol. The molecule has 0 aliphatic carbocycles. The molecule has 0 aliphatic heterocycles. The van der Waals surface area contributed by atoms with Gasteiger partial charge in [-0.1, -0.05) is 25.9 Å². The van der Waals surface area contributed by atoms with Crippen LogP contribution in [0.3, 0.4) is 0 Å². The molecule has 1 heterocycles. The number of methoxy groups -OCH3 is 1. The molecule has 1 amide bonds. The van der Waals surface area contributed by atoms with E-state index < -0.39 is 0 Å². The van der Waals surface area contributed by atoms with Crippen LogP contribution in [0.5, 0.6) is 0 Å². The third-order valence-corrected chi connectivity index (χ3v) is 2.55. The van der Waals surface area contributed by atoms with Crippen LogP contribution < -0.4 is 10.6 Å². The average molecular weight is 269 g/mol. The largest absolute Gasteiger partial charge is 0.383 e. The van der Waals surface area contributed by atoms with Gasteiger partial charge in [-0.25, -0.2) is 0 Å². The van der Waals surface area contributed by atoms with E-state index in [1.54, 1.807) is 13.2 Å². The van der Waals surface area contributed by atoms with Gasteiger partial charge in [-0.05, 0) is 0 Å². The quantitative estimate of drug-likeness (QED) is 0.720. The predicted octanol–water partition coefficient (Wildman–Crippen LogP) is 0.938. The van der Waals surface area contributed by atoms with Crippen molar-refractivity contribution in [3.63, 3.8) is 0 Å². The van der Waals surface area contributed by atoms with Crippen molar-refractivity contribution in [3.8, 4) is 0 Å². The van der Waals surface area contributed by atoms with Crippen molar-refractivity contribution >= 4 is 5.91 Å². The van der Waals surface area contributed by atoms with Crippen molar-refractivity contribution < 1.29 is 14.1 Å². The Morgan fingerprint density at radius 2 is 2.11 bits per heavy atom. The Morgan fingerprint density at radius 1 is 1.37 bits per heavy atom. The van der Waals surface area contributed by atoms with Gasteiger partial charge < -0.3 is 19.9 Å². The molecule has 0 aliphatic rings. The summed E-state index contributed by atoms with van der Waals surface area (Å²) in [5, 5.41) is 9.70. The summed E-state index contributed by atoms with van der Waals surface area (Å²) < 4.78 is 10.1. The second-order valence-electron chi connectivity index (χ2n) is 5.33. The van der Waals surface area contributed by atoms with Gasteiger partial charge in [0.2, 0.25) is 0 Å². The molecule has 0 unspecified atom stereocenters. The Bertz CT molecular complexity index is 396. The van der Waals surface area contributed by atoms with E-state index in [1.165, 1.54) is 0 Å². The Morgan fingerprint density at radius 3 is 2.68 bits per heavy atom. The highest BCUT2D eigenvalue weighted by Gasteiger charge is 2.21. The number of carbonyl (C=O) groups excluding carboxylic acids is 1. The summed E-state index contributed by atoms with van der Waals surface area (Å²) in [6, 6.07) is 1.69. The Hall–Kier alpha value is -1.40. The van der Waals surface area contributed by atoms with Gasteiger partial charge in [0, 0.05) is 38.2 Å². The number of amides is 1. The summed E-state index contributed by atoms with van der Waals surface area (Å²) in [4.78, 5) is 11.8. The summed E-state index contributed by atoms with van der Waals surface area (Å²) in [6.45, 7) is 8.69. The fourth-order valence-corrected chi connectivity index (χ4v) is 1.39. The molecule has 19 heavy (non-hydrogen) atoms. The van der Waals surface area contributed by atoms with Gasteiger partial charge in [0.15, 0.2) is 5.69 Å². The van der Waals surface area contributed by atoms with Gasteiger partial charge >= 0.3 is 0 Å². The molecule has 0 bridgehead atoms. The monoisotopic (exact) mass is 269 g/mol. The molecule has 1 aromatic rings. The van der Waals surface area contributed by atoms with Crippen LogP contribution in [0.1, 0.15) is 37.0 Å².